The molecule has 3 aromatic carbocycles. The molecule has 0 fully saturated rings. The van der Waals surface area contributed by atoms with Crippen molar-refractivity contribution in [1.29, 1.82) is 0 Å². The van der Waals surface area contributed by atoms with Crippen LogP contribution in [0, 0.1) is 0 Å². The maximum absolute atomic E-state index is 11.6. The lowest BCUT2D eigenvalue weighted by Crippen LogP contribution is -2.18. The van der Waals surface area contributed by atoms with Crippen LogP contribution < -0.4 is 15.5 Å². The molecule has 0 atom stereocenters. The summed E-state index contributed by atoms with van der Waals surface area (Å²) in [7, 11) is 0. The predicted molar refractivity (Wildman–Crippen MR) is 138 cm³/mol. The largest absolute Gasteiger partial charge is 0.487 e. The number of ether oxygens (including phenoxy) is 1. The normalized spacial score (nSPS) is 11.5. The number of fused-ring (bicyclic) bond motifs is 3. The molecule has 174 valence electrons. The number of amides is 1. The summed E-state index contributed by atoms with van der Waals surface area (Å²) in [5, 5.41) is 14.5. The van der Waals surface area contributed by atoms with Gasteiger partial charge in [-0.25, -0.2) is 5.48 Å². The lowest BCUT2D eigenvalue weighted by molar-refractivity contribution is 0.0706. The topological polar surface area (TPSA) is 99.3 Å². The smallest absolute Gasteiger partial charge is 0.274 e. The minimum Gasteiger partial charge on any atom is -0.487 e. The molecule has 0 unspecified atom stereocenters. The molecule has 2 aromatic heterocycles. The Hall–Kier alpha value is -4.62. The van der Waals surface area contributed by atoms with Crippen molar-refractivity contribution >= 4 is 39.5 Å². The number of aromatic nitrogens is 2. The number of H-pyrrole nitrogens is 1. The fraction of sp³-hybridized carbons (Fsp3) is 0.0714. The number of anilines is 1. The van der Waals surface area contributed by atoms with Crippen LogP contribution in [0.2, 0.25) is 0 Å². The summed E-state index contributed by atoms with van der Waals surface area (Å²) in [6.07, 6.45) is 5.53. The van der Waals surface area contributed by atoms with Gasteiger partial charge in [-0.3, -0.25) is 15.0 Å². The van der Waals surface area contributed by atoms with E-state index in [1.807, 2.05) is 54.6 Å². The molecule has 0 spiro atoms. The molecule has 35 heavy (non-hydrogen) atoms. The zero-order valence-corrected chi connectivity index (χ0v) is 18.9. The molecule has 1 amide bonds. The Balaban J connectivity index is 1.40. The molecular weight excluding hydrogens is 440 g/mol. The molecule has 0 aliphatic carbocycles. The Kier molecular flexibility index (Phi) is 6.41. The fourth-order valence-corrected chi connectivity index (χ4v) is 3.99. The molecule has 5 aromatic rings. The lowest BCUT2D eigenvalue weighted by atomic mass is 10.1. The Morgan fingerprint density at radius 1 is 0.971 bits per heavy atom. The first-order valence-electron chi connectivity index (χ1n) is 11.2. The standard InChI is InChI=1S/C28H24N4O3/c33-28(32-34)21-12-10-19(11-13-21)15-20(16-30-22-5-4-14-29-17-22)18-35-26-9-3-7-24-23-6-1-2-8-25(23)31-27(24)26/h1-15,17,30-31,34H,16,18H2,(H,32,33). The summed E-state index contributed by atoms with van der Waals surface area (Å²) >= 11 is 0. The van der Waals surface area contributed by atoms with Crippen molar-refractivity contribution in [3.8, 4) is 5.75 Å². The highest BCUT2D eigenvalue weighted by atomic mass is 16.5. The van der Waals surface area contributed by atoms with Gasteiger partial charge in [0.05, 0.1) is 11.2 Å². The second kappa shape index (κ2) is 10.1. The number of hydrogen-bond donors (Lipinski definition) is 4. The maximum atomic E-state index is 11.6. The Labute approximate surface area is 202 Å². The molecule has 0 radical (unpaired) electrons. The van der Waals surface area contributed by atoms with E-state index >= 15 is 0 Å². The number of hydrogen-bond acceptors (Lipinski definition) is 5. The van der Waals surface area contributed by atoms with Crippen molar-refractivity contribution in [3.63, 3.8) is 0 Å². The Bertz CT molecular complexity index is 1490. The van der Waals surface area contributed by atoms with Gasteiger partial charge in [0.25, 0.3) is 5.91 Å². The monoisotopic (exact) mass is 464 g/mol. The summed E-state index contributed by atoms with van der Waals surface area (Å²) in [5.74, 6) is 0.231. The van der Waals surface area contributed by atoms with Gasteiger partial charge in [-0.05, 0) is 47.5 Å². The summed E-state index contributed by atoms with van der Waals surface area (Å²) in [4.78, 5) is 19.2. The van der Waals surface area contributed by atoms with E-state index in [-0.39, 0.29) is 0 Å². The average molecular weight is 465 g/mol. The zero-order valence-electron chi connectivity index (χ0n) is 18.9. The Morgan fingerprint density at radius 3 is 2.60 bits per heavy atom. The van der Waals surface area contributed by atoms with E-state index in [9.17, 15) is 4.79 Å². The number of nitrogens with one attached hydrogen (secondary N) is 3. The van der Waals surface area contributed by atoms with Crippen LogP contribution in [0.4, 0.5) is 5.69 Å². The van der Waals surface area contributed by atoms with Crippen LogP contribution >= 0.6 is 0 Å². The number of para-hydroxylation sites is 2. The second-order valence-electron chi connectivity index (χ2n) is 8.10. The maximum Gasteiger partial charge on any atom is 0.274 e. The summed E-state index contributed by atoms with van der Waals surface area (Å²) < 4.78 is 6.30. The van der Waals surface area contributed by atoms with Gasteiger partial charge in [0.15, 0.2) is 0 Å². The summed E-state index contributed by atoms with van der Waals surface area (Å²) in [6, 6.07) is 25.1. The van der Waals surface area contributed by atoms with E-state index in [1.54, 1.807) is 30.0 Å². The van der Waals surface area contributed by atoms with Crippen molar-refractivity contribution in [2.45, 2.75) is 0 Å². The third-order valence-electron chi connectivity index (χ3n) is 5.74. The molecule has 7 heteroatoms. The molecule has 0 aliphatic heterocycles. The molecule has 7 nitrogen and oxygen atoms in total. The van der Waals surface area contributed by atoms with Crippen LogP contribution in [0.1, 0.15) is 15.9 Å². The van der Waals surface area contributed by atoms with Crippen molar-refractivity contribution < 1.29 is 14.7 Å². The van der Waals surface area contributed by atoms with Crippen molar-refractivity contribution in [1.82, 2.24) is 15.4 Å². The first kappa shape index (κ1) is 22.2. The van der Waals surface area contributed by atoms with Crippen LogP contribution in [-0.2, 0) is 0 Å². The van der Waals surface area contributed by atoms with E-state index in [2.05, 4.69) is 33.5 Å². The first-order valence-corrected chi connectivity index (χ1v) is 11.2. The van der Waals surface area contributed by atoms with Crippen LogP contribution in [0.3, 0.4) is 0 Å². The van der Waals surface area contributed by atoms with E-state index in [1.165, 1.54) is 0 Å². The minimum atomic E-state index is -0.547. The van der Waals surface area contributed by atoms with Crippen LogP contribution in [-0.4, -0.2) is 34.2 Å². The first-order chi connectivity index (χ1) is 17.2. The number of benzene rings is 3. The molecule has 0 saturated heterocycles. The van der Waals surface area contributed by atoms with E-state index in [0.29, 0.717) is 18.7 Å². The van der Waals surface area contributed by atoms with Crippen LogP contribution in [0.15, 0.2) is 96.8 Å². The van der Waals surface area contributed by atoms with Gasteiger partial charge in [-0.2, -0.15) is 0 Å². The number of carbonyl (C=O) groups is 1. The highest BCUT2D eigenvalue weighted by Gasteiger charge is 2.10. The van der Waals surface area contributed by atoms with Gasteiger partial charge in [-0.1, -0.05) is 48.5 Å². The highest BCUT2D eigenvalue weighted by Crippen LogP contribution is 2.31. The zero-order chi connectivity index (χ0) is 24.0. The van der Waals surface area contributed by atoms with Gasteiger partial charge in [0.1, 0.15) is 12.4 Å². The SMILES string of the molecule is O=C(NO)c1ccc(C=C(CNc2cccnc2)COc2cccc3c2[nH]c2ccccc23)cc1. The van der Waals surface area contributed by atoms with E-state index < -0.39 is 5.91 Å². The van der Waals surface area contributed by atoms with Gasteiger partial charge in [-0.15, -0.1) is 0 Å². The molecule has 4 N–H and O–H groups in total. The fourth-order valence-electron chi connectivity index (χ4n) is 3.99. The van der Waals surface area contributed by atoms with Crippen molar-refractivity contribution in [2.75, 3.05) is 18.5 Å². The number of hydroxylamine groups is 1. The number of aromatic amines is 1. The lowest BCUT2D eigenvalue weighted by Gasteiger charge is -2.13. The van der Waals surface area contributed by atoms with E-state index in [0.717, 1.165) is 44.4 Å². The average Bonchev–Trinajstić information content (AvgIpc) is 3.30. The van der Waals surface area contributed by atoms with Crippen molar-refractivity contribution in [3.05, 3.63) is 108 Å². The van der Waals surface area contributed by atoms with Gasteiger partial charge in [0, 0.05) is 40.8 Å². The third kappa shape index (κ3) is 5.00. The highest BCUT2D eigenvalue weighted by molar-refractivity contribution is 6.09. The molecular formula is C28H24N4O3. The van der Waals surface area contributed by atoms with E-state index in [4.69, 9.17) is 9.94 Å². The molecule has 2 heterocycles. The van der Waals surface area contributed by atoms with Crippen LogP contribution in [0.5, 0.6) is 5.75 Å². The van der Waals surface area contributed by atoms with Gasteiger partial charge < -0.3 is 15.0 Å². The third-order valence-corrected chi connectivity index (χ3v) is 5.74. The van der Waals surface area contributed by atoms with Crippen molar-refractivity contribution in [2.24, 2.45) is 0 Å². The number of rotatable bonds is 8. The number of pyridine rings is 1. The summed E-state index contributed by atoms with van der Waals surface area (Å²) in [5.41, 5.74) is 6.88. The molecule has 5 rings (SSSR count). The number of carbonyl (C=O) groups excluding carboxylic acids is 1. The molecule has 0 bridgehead atoms. The second-order valence-corrected chi connectivity index (χ2v) is 8.10. The minimum absolute atomic E-state index is 0.362. The van der Waals surface area contributed by atoms with Gasteiger partial charge >= 0.3 is 0 Å². The number of nitrogens with zero attached hydrogens (tertiary/aromatic N) is 1. The van der Waals surface area contributed by atoms with Gasteiger partial charge in [0.2, 0.25) is 0 Å². The quantitative estimate of drug-likeness (QED) is 0.182. The molecule has 0 saturated carbocycles. The van der Waals surface area contributed by atoms with Crippen LogP contribution in [0.25, 0.3) is 27.9 Å². The molecule has 0 aliphatic rings. The summed E-state index contributed by atoms with van der Waals surface area (Å²) in [6.45, 7) is 0.911. The predicted octanol–water partition coefficient (Wildman–Crippen LogP) is 5.41. The Morgan fingerprint density at radius 2 is 1.80 bits per heavy atom.